The number of carboxylic acid groups (broad SMARTS) is 1. The summed E-state index contributed by atoms with van der Waals surface area (Å²) in [6.07, 6.45) is 0.410. The predicted molar refractivity (Wildman–Crippen MR) is 107 cm³/mol. The third kappa shape index (κ3) is 8.49. The lowest BCUT2D eigenvalue weighted by atomic mass is 9.87. The Bertz CT molecular complexity index is 696. The predicted octanol–water partition coefficient (Wildman–Crippen LogP) is 1.20. The van der Waals surface area contributed by atoms with Crippen LogP contribution in [0.5, 0.6) is 5.75 Å². The van der Waals surface area contributed by atoms with Crippen molar-refractivity contribution in [3.63, 3.8) is 0 Å². The summed E-state index contributed by atoms with van der Waals surface area (Å²) in [6.45, 7) is 8.12. The molecule has 9 nitrogen and oxygen atoms in total. The zero-order valence-corrected chi connectivity index (χ0v) is 17.8. The number of hydrogen-bond acceptors (Lipinski definition) is 8. The van der Waals surface area contributed by atoms with Crippen LogP contribution in [0.15, 0.2) is 24.3 Å². The second kappa shape index (κ2) is 10.8. The highest BCUT2D eigenvalue weighted by molar-refractivity contribution is 6.04. The second-order valence-electron chi connectivity index (χ2n) is 7.83. The molecule has 0 radical (unpaired) electrons. The van der Waals surface area contributed by atoms with Gasteiger partial charge in [-0.15, -0.1) is 0 Å². The van der Waals surface area contributed by atoms with E-state index in [1.165, 1.54) is 7.11 Å². The molecular weight excluding hydrogens is 380 g/mol. The standard InChI is InChI=1S/C10H19NO4.C10H13NO3/c1-6(2)10(11,7(12)13)8(14)15-9(3,4)5;1-14-10(13)9(11)6-7-2-4-8(12)5-3-7/h6H,11H2,1-5H3,(H,12,13);2-5,9,12H,6,11H2,1H3. The van der Waals surface area contributed by atoms with Gasteiger partial charge in [0.25, 0.3) is 0 Å². The first-order valence-electron chi connectivity index (χ1n) is 9.02. The van der Waals surface area contributed by atoms with Crippen LogP contribution in [0.4, 0.5) is 0 Å². The maximum absolute atomic E-state index is 11.6. The number of benzene rings is 1. The molecule has 2 atom stereocenters. The third-order valence-electron chi connectivity index (χ3n) is 3.90. The fraction of sp³-hybridized carbons (Fsp3) is 0.550. The van der Waals surface area contributed by atoms with Crippen LogP contribution in [0.25, 0.3) is 0 Å². The van der Waals surface area contributed by atoms with Crippen LogP contribution in [0, 0.1) is 5.92 Å². The lowest BCUT2D eigenvalue weighted by Crippen LogP contribution is -2.60. The van der Waals surface area contributed by atoms with Crippen molar-refractivity contribution in [2.75, 3.05) is 7.11 Å². The molecule has 1 rings (SSSR count). The van der Waals surface area contributed by atoms with Gasteiger partial charge >= 0.3 is 17.9 Å². The largest absolute Gasteiger partial charge is 0.508 e. The SMILES string of the molecule is CC(C)C(N)(C(=O)O)C(=O)OC(C)(C)C.COC(=O)C(N)Cc1ccc(O)cc1. The maximum Gasteiger partial charge on any atom is 0.338 e. The van der Waals surface area contributed by atoms with Gasteiger partial charge in [0, 0.05) is 0 Å². The number of carbonyl (C=O) groups excluding carboxylic acids is 2. The molecule has 0 fully saturated rings. The van der Waals surface area contributed by atoms with E-state index < -0.39 is 41.0 Å². The first-order chi connectivity index (χ1) is 13.1. The summed E-state index contributed by atoms with van der Waals surface area (Å²) in [6, 6.07) is 5.90. The van der Waals surface area contributed by atoms with Gasteiger partial charge in [-0.3, -0.25) is 4.79 Å². The quantitative estimate of drug-likeness (QED) is 0.397. The van der Waals surface area contributed by atoms with Gasteiger partial charge in [0.05, 0.1) is 7.11 Å². The molecule has 0 amide bonds. The van der Waals surface area contributed by atoms with Crippen LogP contribution in [0.2, 0.25) is 0 Å². The molecule has 2 unspecified atom stereocenters. The average molecular weight is 412 g/mol. The molecule has 6 N–H and O–H groups in total. The Morgan fingerprint density at radius 3 is 1.93 bits per heavy atom. The van der Waals surface area contributed by atoms with Crippen molar-refractivity contribution < 1.29 is 34.1 Å². The van der Waals surface area contributed by atoms with Crippen molar-refractivity contribution in [2.45, 2.75) is 58.2 Å². The fourth-order valence-electron chi connectivity index (χ4n) is 2.05. The lowest BCUT2D eigenvalue weighted by molar-refractivity contribution is -0.171. The van der Waals surface area contributed by atoms with E-state index in [2.05, 4.69) is 4.74 Å². The average Bonchev–Trinajstić information content (AvgIpc) is 2.60. The van der Waals surface area contributed by atoms with Gasteiger partial charge in [0.2, 0.25) is 5.54 Å². The zero-order valence-electron chi connectivity index (χ0n) is 17.8. The molecule has 0 aliphatic heterocycles. The highest BCUT2D eigenvalue weighted by Gasteiger charge is 2.48. The molecular formula is C20H32N2O7. The highest BCUT2D eigenvalue weighted by Crippen LogP contribution is 2.20. The van der Waals surface area contributed by atoms with Gasteiger partial charge in [-0.25, -0.2) is 9.59 Å². The summed E-state index contributed by atoms with van der Waals surface area (Å²) in [5.74, 6) is -3.05. The Kier molecular flexibility index (Phi) is 9.79. The van der Waals surface area contributed by atoms with Crippen molar-refractivity contribution in [2.24, 2.45) is 17.4 Å². The Labute approximate surface area is 171 Å². The minimum Gasteiger partial charge on any atom is -0.508 e. The maximum atomic E-state index is 11.6. The van der Waals surface area contributed by atoms with Gasteiger partial charge < -0.3 is 31.2 Å². The molecule has 1 aromatic carbocycles. The van der Waals surface area contributed by atoms with Crippen LogP contribution >= 0.6 is 0 Å². The van der Waals surface area contributed by atoms with Crippen LogP contribution in [-0.2, 0) is 30.3 Å². The lowest BCUT2D eigenvalue weighted by Gasteiger charge is -2.30. The topological polar surface area (TPSA) is 162 Å². The van der Waals surface area contributed by atoms with Gasteiger partial charge in [-0.1, -0.05) is 26.0 Å². The van der Waals surface area contributed by atoms with Crippen molar-refractivity contribution >= 4 is 17.9 Å². The second-order valence-corrected chi connectivity index (χ2v) is 7.83. The molecule has 164 valence electrons. The number of aliphatic carboxylic acids is 1. The van der Waals surface area contributed by atoms with Crippen LogP contribution in [0.1, 0.15) is 40.2 Å². The Morgan fingerprint density at radius 1 is 1.10 bits per heavy atom. The molecule has 0 aliphatic rings. The summed E-state index contributed by atoms with van der Waals surface area (Å²) in [4.78, 5) is 33.6. The van der Waals surface area contributed by atoms with Gasteiger partial charge in [0.1, 0.15) is 17.4 Å². The number of rotatable bonds is 6. The van der Waals surface area contributed by atoms with Crippen LogP contribution in [-0.4, -0.2) is 52.4 Å². The summed E-state index contributed by atoms with van der Waals surface area (Å²) in [5.41, 5.74) is 9.29. The normalized spacial score (nSPS) is 14.1. The molecule has 0 saturated heterocycles. The smallest absolute Gasteiger partial charge is 0.338 e. The summed E-state index contributed by atoms with van der Waals surface area (Å²) < 4.78 is 9.48. The van der Waals surface area contributed by atoms with E-state index in [-0.39, 0.29) is 5.75 Å². The van der Waals surface area contributed by atoms with E-state index in [0.29, 0.717) is 6.42 Å². The number of phenols is 1. The molecule has 0 heterocycles. The van der Waals surface area contributed by atoms with Gasteiger partial charge in [-0.05, 0) is 50.8 Å². The molecule has 1 aromatic rings. The van der Waals surface area contributed by atoms with Crippen LogP contribution in [0.3, 0.4) is 0 Å². The summed E-state index contributed by atoms with van der Waals surface area (Å²) in [7, 11) is 1.30. The third-order valence-corrected chi connectivity index (χ3v) is 3.90. The van der Waals surface area contributed by atoms with Crippen molar-refractivity contribution in [1.82, 2.24) is 0 Å². The van der Waals surface area contributed by atoms with Crippen molar-refractivity contribution in [3.8, 4) is 5.75 Å². The van der Waals surface area contributed by atoms with Gasteiger partial charge in [0.15, 0.2) is 0 Å². The molecule has 0 spiro atoms. The number of esters is 2. The molecule has 9 heteroatoms. The fourth-order valence-corrected chi connectivity index (χ4v) is 2.05. The number of aromatic hydroxyl groups is 1. The van der Waals surface area contributed by atoms with Crippen LogP contribution < -0.4 is 11.5 Å². The number of hydrogen-bond donors (Lipinski definition) is 4. The minimum absolute atomic E-state index is 0.195. The molecule has 0 aromatic heterocycles. The van der Waals surface area contributed by atoms with E-state index in [9.17, 15) is 14.4 Å². The van der Waals surface area contributed by atoms with E-state index >= 15 is 0 Å². The molecule has 0 saturated carbocycles. The monoisotopic (exact) mass is 412 g/mol. The number of ether oxygens (including phenoxy) is 2. The molecule has 29 heavy (non-hydrogen) atoms. The number of carbonyl (C=O) groups is 3. The zero-order chi connectivity index (χ0) is 23.0. The molecule has 0 bridgehead atoms. The van der Waals surface area contributed by atoms with E-state index in [0.717, 1.165) is 5.56 Å². The van der Waals surface area contributed by atoms with Crippen molar-refractivity contribution in [1.29, 1.82) is 0 Å². The number of nitrogens with two attached hydrogens (primary N) is 2. The highest BCUT2D eigenvalue weighted by atomic mass is 16.6. The van der Waals surface area contributed by atoms with Crippen molar-refractivity contribution in [3.05, 3.63) is 29.8 Å². The summed E-state index contributed by atoms with van der Waals surface area (Å²) >= 11 is 0. The Hall–Kier alpha value is -2.65. The number of phenolic OH excluding ortho intramolecular Hbond substituents is 1. The molecule has 0 aliphatic carbocycles. The van der Waals surface area contributed by atoms with Gasteiger partial charge in [-0.2, -0.15) is 0 Å². The minimum atomic E-state index is -1.98. The first-order valence-corrected chi connectivity index (χ1v) is 9.02. The van der Waals surface area contributed by atoms with E-state index in [4.69, 9.17) is 26.4 Å². The Balaban J connectivity index is 0.000000541. The first kappa shape index (κ1) is 26.4. The number of methoxy groups -OCH3 is 1. The van der Waals surface area contributed by atoms with E-state index in [1.54, 1.807) is 58.9 Å². The Morgan fingerprint density at radius 2 is 1.59 bits per heavy atom. The van der Waals surface area contributed by atoms with E-state index in [1.807, 2.05) is 0 Å². The summed E-state index contributed by atoms with van der Waals surface area (Å²) in [5, 5.41) is 18.0. The number of carboxylic acids is 1.